The Labute approximate surface area is 217 Å². The normalized spacial score (nSPS) is 11.0. The highest BCUT2D eigenvalue weighted by atomic mass is 31.2. The van der Waals surface area contributed by atoms with Crippen molar-refractivity contribution in [1.82, 2.24) is 0 Å². The van der Waals surface area contributed by atoms with Gasteiger partial charge in [0.1, 0.15) is 35.1 Å². The minimum absolute atomic E-state index is 0.0682. The number of ether oxygens (including phenoxy) is 1. The minimum Gasteiger partial charge on any atom is -0.422 e. The van der Waals surface area contributed by atoms with Crippen LogP contribution in [0.2, 0.25) is 0 Å². The van der Waals surface area contributed by atoms with Gasteiger partial charge in [-0.2, -0.15) is 0 Å². The van der Waals surface area contributed by atoms with Crippen LogP contribution in [-0.2, 0) is 0 Å². The smallest absolute Gasteiger partial charge is 0.343 e. The first-order chi connectivity index (χ1) is 18.2. The Morgan fingerprint density at radius 1 is 0.514 bits per heavy atom. The van der Waals surface area contributed by atoms with Gasteiger partial charge >= 0.3 is 5.97 Å². The number of para-hydroxylation sites is 1. The highest BCUT2D eigenvalue weighted by Crippen LogP contribution is 2.55. The molecular weight excluding hydrogens is 475 g/mol. The fourth-order valence-electron chi connectivity index (χ4n) is 4.59. The average Bonchev–Trinajstić information content (AvgIpc) is 2.98. The Kier molecular flexibility index (Phi) is 7.35. The highest BCUT2D eigenvalue weighted by molar-refractivity contribution is 7.96. The highest BCUT2D eigenvalue weighted by Gasteiger charge is 2.47. The van der Waals surface area contributed by atoms with Crippen LogP contribution in [0.25, 0.3) is 0 Å². The van der Waals surface area contributed by atoms with E-state index in [4.69, 9.17) is 4.74 Å². The van der Waals surface area contributed by atoms with Gasteiger partial charge in [0.2, 0.25) is 5.78 Å². The van der Waals surface area contributed by atoms with Crippen molar-refractivity contribution in [3.05, 3.63) is 157 Å². The Bertz CT molecular complexity index is 1390. The van der Waals surface area contributed by atoms with Crippen molar-refractivity contribution in [2.24, 2.45) is 0 Å². The number of hydrogen-bond donors (Lipinski definition) is 0. The summed E-state index contributed by atoms with van der Waals surface area (Å²) < 4.78 is 5.74. The summed E-state index contributed by atoms with van der Waals surface area (Å²) in [4.78, 5) is 27.0. The Morgan fingerprint density at radius 3 is 1.41 bits per heavy atom. The molecule has 3 nitrogen and oxygen atoms in total. The molecule has 0 heterocycles. The third-order valence-electron chi connectivity index (χ3n) is 6.37. The van der Waals surface area contributed by atoms with Crippen LogP contribution in [0.15, 0.2) is 146 Å². The molecule has 5 rings (SSSR count). The molecule has 0 aliphatic rings. The van der Waals surface area contributed by atoms with Crippen LogP contribution in [0, 0.1) is 0 Å². The fourth-order valence-corrected chi connectivity index (χ4v) is 8.67. The van der Waals surface area contributed by atoms with Gasteiger partial charge in [0.15, 0.2) is 0 Å². The summed E-state index contributed by atoms with van der Waals surface area (Å²) in [5, 5.41) is 3.37. The van der Waals surface area contributed by atoms with E-state index in [0.29, 0.717) is 11.1 Å². The van der Waals surface area contributed by atoms with Gasteiger partial charge in [0, 0.05) is 0 Å². The van der Waals surface area contributed by atoms with Crippen LogP contribution in [0.4, 0.5) is 0 Å². The summed E-state index contributed by atoms with van der Waals surface area (Å²) in [6.45, 7) is 0. The molecular formula is C33H26O3P+. The number of carbonyl (C=O) groups excluding carboxylic acids is 2. The molecule has 0 atom stereocenters. The molecule has 0 unspecified atom stereocenters. The van der Waals surface area contributed by atoms with Crippen molar-refractivity contribution in [2.75, 3.05) is 6.16 Å². The first-order valence-corrected chi connectivity index (χ1v) is 14.1. The lowest BCUT2D eigenvalue weighted by Gasteiger charge is -2.27. The van der Waals surface area contributed by atoms with Crippen molar-refractivity contribution < 1.29 is 14.3 Å². The lowest BCUT2D eigenvalue weighted by Crippen LogP contribution is -2.35. The van der Waals surface area contributed by atoms with Gasteiger partial charge in [-0.1, -0.05) is 84.9 Å². The van der Waals surface area contributed by atoms with Crippen LogP contribution in [-0.4, -0.2) is 17.9 Å². The van der Waals surface area contributed by atoms with Crippen LogP contribution >= 0.6 is 7.26 Å². The Hall–Kier alpha value is -4.33. The fraction of sp³-hybridized carbons (Fsp3) is 0.0303. The first kappa shape index (κ1) is 24.4. The predicted molar refractivity (Wildman–Crippen MR) is 152 cm³/mol. The molecule has 180 valence electrons. The van der Waals surface area contributed by atoms with Crippen LogP contribution in [0.1, 0.15) is 20.7 Å². The molecule has 0 radical (unpaired) electrons. The monoisotopic (exact) mass is 501 g/mol. The van der Waals surface area contributed by atoms with Gasteiger partial charge in [-0.05, 0) is 60.7 Å². The third-order valence-corrected chi connectivity index (χ3v) is 10.7. The van der Waals surface area contributed by atoms with E-state index < -0.39 is 13.2 Å². The molecule has 0 saturated carbocycles. The molecule has 0 saturated heterocycles. The number of carbonyl (C=O) groups is 2. The molecule has 0 bridgehead atoms. The summed E-state index contributed by atoms with van der Waals surface area (Å²) in [5.74, 6) is -0.286. The van der Waals surface area contributed by atoms with Crippen LogP contribution in [0.5, 0.6) is 5.75 Å². The molecule has 0 aliphatic heterocycles. The maximum Gasteiger partial charge on any atom is 0.343 e. The SMILES string of the molecule is O=C(Oc1ccccc1C(=O)C[P+](c1ccccc1)(c1ccccc1)c1ccccc1)c1ccccc1. The lowest BCUT2D eigenvalue weighted by molar-refractivity contribution is 0.0733. The summed E-state index contributed by atoms with van der Waals surface area (Å²) in [5.41, 5.74) is 0.836. The standard InChI is InChI=1S/C33H26O3P/c34-31(30-23-13-14-24-32(30)36-33(35)26-15-5-1-6-16-26)25-37(27-17-7-2-8-18-27,28-19-9-3-10-20-28)29-21-11-4-12-22-29/h1-24H,25H2/q+1. The van der Waals surface area contributed by atoms with E-state index in [0.717, 1.165) is 15.9 Å². The summed E-state index contributed by atoms with van der Waals surface area (Å²) in [6.07, 6.45) is 0.269. The van der Waals surface area contributed by atoms with Gasteiger partial charge in [0.05, 0.1) is 11.1 Å². The number of ketones is 1. The molecule has 4 heteroatoms. The van der Waals surface area contributed by atoms with Crippen LogP contribution in [0.3, 0.4) is 0 Å². The maximum atomic E-state index is 14.2. The van der Waals surface area contributed by atoms with E-state index in [-0.39, 0.29) is 17.7 Å². The van der Waals surface area contributed by atoms with Gasteiger partial charge < -0.3 is 4.74 Å². The topological polar surface area (TPSA) is 43.4 Å². The zero-order valence-electron chi connectivity index (χ0n) is 20.2. The van der Waals surface area contributed by atoms with Gasteiger partial charge in [-0.3, -0.25) is 4.79 Å². The molecule has 0 aromatic heterocycles. The van der Waals surface area contributed by atoms with Gasteiger partial charge in [-0.25, -0.2) is 4.79 Å². The van der Waals surface area contributed by atoms with Crippen LogP contribution < -0.4 is 20.7 Å². The molecule has 5 aromatic carbocycles. The number of benzene rings is 5. The molecule has 0 N–H and O–H groups in total. The van der Waals surface area contributed by atoms with Gasteiger partial charge in [0.25, 0.3) is 0 Å². The lowest BCUT2D eigenvalue weighted by atomic mass is 10.1. The molecule has 0 aliphatic carbocycles. The number of Topliss-reactive ketones (excluding diaryl/α,β-unsaturated/α-hetero) is 1. The first-order valence-electron chi connectivity index (χ1n) is 12.1. The minimum atomic E-state index is -2.38. The molecule has 37 heavy (non-hydrogen) atoms. The summed E-state index contributed by atoms with van der Waals surface area (Å²) in [7, 11) is -2.38. The van der Waals surface area contributed by atoms with Gasteiger partial charge in [-0.15, -0.1) is 0 Å². The maximum absolute atomic E-state index is 14.2. The molecule has 0 spiro atoms. The van der Waals surface area contributed by atoms with Crippen molar-refractivity contribution in [3.63, 3.8) is 0 Å². The Morgan fingerprint density at radius 2 is 0.919 bits per heavy atom. The predicted octanol–water partition coefficient (Wildman–Crippen LogP) is 6.08. The number of hydrogen-bond acceptors (Lipinski definition) is 3. The quantitative estimate of drug-likeness (QED) is 0.112. The van der Waals surface area contributed by atoms with E-state index in [9.17, 15) is 9.59 Å². The average molecular weight is 502 g/mol. The van der Waals surface area contributed by atoms with E-state index in [1.807, 2.05) is 60.7 Å². The Balaban J connectivity index is 1.60. The second-order valence-electron chi connectivity index (χ2n) is 8.65. The number of esters is 1. The van der Waals surface area contributed by atoms with E-state index in [2.05, 4.69) is 36.4 Å². The second kappa shape index (κ2) is 11.2. The molecule has 5 aromatic rings. The third kappa shape index (κ3) is 5.14. The van der Waals surface area contributed by atoms with Crippen molar-refractivity contribution in [1.29, 1.82) is 0 Å². The van der Waals surface area contributed by atoms with Crippen molar-refractivity contribution in [3.8, 4) is 5.75 Å². The van der Waals surface area contributed by atoms with Crippen molar-refractivity contribution in [2.45, 2.75) is 0 Å². The second-order valence-corrected chi connectivity index (χ2v) is 12.1. The zero-order valence-corrected chi connectivity index (χ0v) is 21.1. The molecule has 0 fully saturated rings. The molecule has 0 amide bonds. The zero-order chi connectivity index (χ0) is 25.5. The summed E-state index contributed by atoms with van der Waals surface area (Å²) >= 11 is 0. The number of rotatable bonds is 8. The van der Waals surface area contributed by atoms with Crippen molar-refractivity contribution >= 4 is 34.9 Å². The summed E-state index contributed by atoms with van der Waals surface area (Å²) in [6, 6.07) is 46.6. The van der Waals surface area contributed by atoms with E-state index >= 15 is 0 Å². The van der Waals surface area contributed by atoms with E-state index in [1.165, 1.54) is 0 Å². The van der Waals surface area contributed by atoms with E-state index in [1.54, 1.807) is 48.5 Å². The largest absolute Gasteiger partial charge is 0.422 e.